The largest absolute Gasteiger partial charge is 0.465 e. The van der Waals surface area contributed by atoms with Gasteiger partial charge in [-0.1, -0.05) is 12.1 Å². The fourth-order valence-corrected chi connectivity index (χ4v) is 4.71. The number of carbonyl (C=O) groups is 2. The predicted octanol–water partition coefficient (Wildman–Crippen LogP) is 6.42. The average Bonchev–Trinajstić information content (AvgIpc) is 3.35. The van der Waals surface area contributed by atoms with Crippen LogP contribution in [0.2, 0.25) is 0 Å². The first-order valence-electron chi connectivity index (χ1n) is 12.1. The minimum absolute atomic E-state index is 0.00358. The number of rotatable bonds is 5. The molecule has 14 heteroatoms. The Labute approximate surface area is 228 Å². The van der Waals surface area contributed by atoms with Crippen LogP contribution in [0.5, 0.6) is 0 Å². The summed E-state index contributed by atoms with van der Waals surface area (Å²) >= 11 is 0. The Hall–Kier alpha value is -5.14. The quantitative estimate of drug-likeness (QED) is 0.160. The van der Waals surface area contributed by atoms with E-state index in [0.717, 1.165) is 12.1 Å². The zero-order chi connectivity index (χ0) is 29.5. The van der Waals surface area contributed by atoms with Crippen LogP contribution in [0.3, 0.4) is 0 Å². The topological polar surface area (TPSA) is 129 Å². The van der Waals surface area contributed by atoms with Crippen molar-refractivity contribution in [3.8, 4) is 0 Å². The molecule has 2 heterocycles. The summed E-state index contributed by atoms with van der Waals surface area (Å²) in [6, 6.07) is 13.2. The molecule has 0 saturated carbocycles. The van der Waals surface area contributed by atoms with Gasteiger partial charge in [-0.2, -0.15) is 13.2 Å². The number of nitrogens with one attached hydrogen (secondary N) is 1. The Kier molecular flexibility index (Phi) is 6.99. The van der Waals surface area contributed by atoms with E-state index in [1.165, 1.54) is 46.2 Å². The zero-order valence-electron chi connectivity index (χ0n) is 20.9. The van der Waals surface area contributed by atoms with Gasteiger partial charge < -0.3 is 19.7 Å². The summed E-state index contributed by atoms with van der Waals surface area (Å²) in [5, 5.41) is 23.9. The molecule has 0 bridgehead atoms. The molecule has 4 aromatic rings. The number of anilines is 2. The van der Waals surface area contributed by atoms with E-state index in [1.807, 2.05) is 0 Å². The molecule has 0 radical (unpaired) electrons. The van der Waals surface area contributed by atoms with Crippen molar-refractivity contribution < 1.29 is 41.6 Å². The smallest absolute Gasteiger partial charge is 0.423 e. The van der Waals surface area contributed by atoms with Gasteiger partial charge in [0.25, 0.3) is 11.6 Å². The molecular weight excluding hydrogens is 552 g/mol. The number of furan rings is 1. The molecule has 10 nitrogen and oxygen atoms in total. The number of hydrogen-bond acceptors (Lipinski definition) is 6. The number of alkyl halides is 3. The molecule has 212 valence electrons. The third kappa shape index (κ3) is 5.62. The number of nitro groups is 1. The maximum atomic E-state index is 13.5. The molecule has 1 saturated heterocycles. The van der Waals surface area contributed by atoms with Crippen molar-refractivity contribution in [3.05, 3.63) is 99.5 Å². The van der Waals surface area contributed by atoms with Crippen LogP contribution >= 0.6 is 0 Å². The Bertz CT molecular complexity index is 1650. The Morgan fingerprint density at radius 3 is 2.37 bits per heavy atom. The summed E-state index contributed by atoms with van der Waals surface area (Å²) in [5.41, 5.74) is -1.32. The van der Waals surface area contributed by atoms with E-state index in [0.29, 0.717) is 28.3 Å². The van der Waals surface area contributed by atoms with E-state index in [9.17, 15) is 42.4 Å². The maximum Gasteiger partial charge on any atom is 0.423 e. The number of carboxylic acid groups (broad SMARTS) is 1. The summed E-state index contributed by atoms with van der Waals surface area (Å²) in [6.07, 6.45) is -6.14. The predicted molar refractivity (Wildman–Crippen MR) is 137 cm³/mol. The second-order valence-electron chi connectivity index (χ2n) is 9.27. The zero-order valence-corrected chi connectivity index (χ0v) is 20.9. The van der Waals surface area contributed by atoms with Gasteiger partial charge in [-0.25, -0.2) is 9.18 Å². The van der Waals surface area contributed by atoms with Gasteiger partial charge in [0.05, 0.1) is 11.0 Å². The molecule has 2 amide bonds. The molecule has 1 fully saturated rings. The van der Waals surface area contributed by atoms with Crippen LogP contribution in [0.4, 0.5) is 39.4 Å². The lowest BCUT2D eigenvalue weighted by Crippen LogP contribution is -2.52. The lowest BCUT2D eigenvalue weighted by Gasteiger charge is -2.40. The van der Waals surface area contributed by atoms with Crippen molar-refractivity contribution in [3.63, 3.8) is 0 Å². The number of benzene rings is 3. The van der Waals surface area contributed by atoms with Crippen LogP contribution in [0.25, 0.3) is 11.0 Å². The highest BCUT2D eigenvalue weighted by molar-refractivity contribution is 5.96. The minimum Gasteiger partial charge on any atom is -0.465 e. The van der Waals surface area contributed by atoms with Crippen molar-refractivity contribution in [2.75, 3.05) is 25.0 Å². The molecule has 1 aromatic heterocycles. The molecule has 0 aliphatic carbocycles. The first-order chi connectivity index (χ1) is 19.4. The molecule has 1 atom stereocenters. The number of nitro benzene ring substituents is 1. The van der Waals surface area contributed by atoms with Crippen LogP contribution in [-0.2, 0) is 6.18 Å². The Morgan fingerprint density at radius 2 is 1.71 bits per heavy atom. The second kappa shape index (κ2) is 10.4. The van der Waals surface area contributed by atoms with Crippen molar-refractivity contribution >= 4 is 40.0 Å². The Balaban J connectivity index is 1.36. The number of fused-ring (bicyclic) bond motifs is 1. The first kappa shape index (κ1) is 27.4. The summed E-state index contributed by atoms with van der Waals surface area (Å²) < 4.78 is 59.1. The monoisotopic (exact) mass is 572 g/mol. The molecule has 2 N–H and O–H groups in total. The fraction of sp³-hybridized carbons (Fsp3) is 0.185. The molecule has 1 aliphatic rings. The minimum atomic E-state index is -4.94. The van der Waals surface area contributed by atoms with Gasteiger partial charge in [0, 0.05) is 42.5 Å². The molecule has 3 aromatic carbocycles. The molecule has 1 unspecified atom stereocenters. The summed E-state index contributed by atoms with van der Waals surface area (Å²) in [6.45, 7) is 0.0819. The van der Waals surface area contributed by atoms with Crippen molar-refractivity contribution in [2.45, 2.75) is 12.2 Å². The van der Waals surface area contributed by atoms with E-state index in [4.69, 9.17) is 4.42 Å². The second-order valence-corrected chi connectivity index (χ2v) is 9.27. The molecule has 1 aliphatic heterocycles. The van der Waals surface area contributed by atoms with Gasteiger partial charge in [0.1, 0.15) is 17.0 Å². The van der Waals surface area contributed by atoms with Gasteiger partial charge in [-0.3, -0.25) is 19.8 Å². The van der Waals surface area contributed by atoms with Crippen LogP contribution < -0.4 is 5.32 Å². The number of hydrogen-bond donors (Lipinski definition) is 2. The highest BCUT2D eigenvalue weighted by Crippen LogP contribution is 2.38. The molecular formula is C27H20F4N4O6. The SMILES string of the molecule is O=C(c1cc2cc(F)ccc2o1)N1CCN(C(=O)O)C(c2ccc(Nc3ccc([N+](=O)[O-])c(C(F)(F)F)c3)cc2)C1. The van der Waals surface area contributed by atoms with Crippen molar-refractivity contribution in [2.24, 2.45) is 0 Å². The number of halogens is 4. The van der Waals surface area contributed by atoms with Gasteiger partial charge in [-0.15, -0.1) is 0 Å². The van der Waals surface area contributed by atoms with Crippen LogP contribution in [0.15, 0.2) is 71.1 Å². The number of amides is 2. The van der Waals surface area contributed by atoms with E-state index in [2.05, 4.69) is 5.32 Å². The molecule has 0 spiro atoms. The summed E-state index contributed by atoms with van der Waals surface area (Å²) in [5.74, 6) is -0.998. The third-order valence-electron chi connectivity index (χ3n) is 6.69. The number of piperazine rings is 1. The van der Waals surface area contributed by atoms with E-state index in [1.54, 1.807) is 12.1 Å². The van der Waals surface area contributed by atoms with Gasteiger partial charge in [0.15, 0.2) is 5.76 Å². The van der Waals surface area contributed by atoms with Crippen LogP contribution in [-0.4, -0.2) is 51.5 Å². The summed E-state index contributed by atoms with van der Waals surface area (Å²) in [4.78, 5) is 37.6. The maximum absolute atomic E-state index is 13.5. The summed E-state index contributed by atoms with van der Waals surface area (Å²) in [7, 11) is 0. The fourth-order valence-electron chi connectivity index (χ4n) is 4.71. The van der Waals surface area contributed by atoms with Crippen molar-refractivity contribution in [1.29, 1.82) is 0 Å². The van der Waals surface area contributed by atoms with Crippen LogP contribution in [0, 0.1) is 15.9 Å². The van der Waals surface area contributed by atoms with Gasteiger partial charge in [0.2, 0.25) is 0 Å². The standard InChI is InChI=1S/C27H20F4N4O6/c28-17-3-8-23-16(11-17)12-24(41-23)25(36)33-9-10-34(26(37)38)22(14-33)15-1-4-18(5-2-15)32-19-6-7-21(35(39)40)20(13-19)27(29,30)31/h1-8,11-13,22,32H,9-10,14H2,(H,37,38). The first-order valence-corrected chi connectivity index (χ1v) is 12.1. The van der Waals surface area contributed by atoms with Gasteiger partial charge in [-0.05, 0) is 54.1 Å². The van der Waals surface area contributed by atoms with Gasteiger partial charge >= 0.3 is 12.3 Å². The van der Waals surface area contributed by atoms with E-state index >= 15 is 0 Å². The highest BCUT2D eigenvalue weighted by atomic mass is 19.4. The molecule has 41 heavy (non-hydrogen) atoms. The highest BCUT2D eigenvalue weighted by Gasteiger charge is 2.38. The van der Waals surface area contributed by atoms with E-state index in [-0.39, 0.29) is 31.1 Å². The lowest BCUT2D eigenvalue weighted by molar-refractivity contribution is -0.388. The average molecular weight is 572 g/mol. The number of carbonyl (C=O) groups excluding carboxylic acids is 1. The van der Waals surface area contributed by atoms with Crippen molar-refractivity contribution in [1.82, 2.24) is 9.80 Å². The lowest BCUT2D eigenvalue weighted by atomic mass is 10.0. The normalized spacial score (nSPS) is 15.7. The van der Waals surface area contributed by atoms with Crippen LogP contribution in [0.1, 0.15) is 27.7 Å². The third-order valence-corrected chi connectivity index (χ3v) is 6.69. The Morgan fingerprint density at radius 1 is 1.00 bits per heavy atom. The van der Waals surface area contributed by atoms with E-state index < -0.39 is 46.2 Å². The number of nitrogens with zero attached hydrogens (tertiary/aromatic N) is 3. The molecule has 5 rings (SSSR count).